The highest BCUT2D eigenvalue weighted by atomic mass is 16.6. The molecule has 0 atom stereocenters. The maximum absolute atomic E-state index is 12.7. The van der Waals surface area contributed by atoms with Crippen LogP contribution in [0.25, 0.3) is 0 Å². The Balaban J connectivity index is 1.48. The predicted molar refractivity (Wildman–Crippen MR) is 161 cm³/mol. The minimum atomic E-state index is -0.450. The summed E-state index contributed by atoms with van der Waals surface area (Å²) in [4.78, 5) is 15.1. The number of esters is 1. The van der Waals surface area contributed by atoms with Crippen LogP contribution in [0.3, 0.4) is 0 Å². The van der Waals surface area contributed by atoms with Crippen molar-refractivity contribution >= 4 is 5.97 Å². The molecular weight excluding hydrogens is 480 g/mol. The molecule has 0 bridgehead atoms. The van der Waals surface area contributed by atoms with Crippen LogP contribution in [0.1, 0.15) is 82.4 Å². The summed E-state index contributed by atoms with van der Waals surface area (Å²) < 4.78 is 5.69. The molecule has 0 unspecified atom stereocenters. The van der Waals surface area contributed by atoms with Crippen LogP contribution in [-0.2, 0) is 15.1 Å². The number of rotatable bonds is 12. The van der Waals surface area contributed by atoms with Gasteiger partial charge in [-0.15, -0.1) is 0 Å². The largest absolute Gasteiger partial charge is 0.459 e. The van der Waals surface area contributed by atoms with Crippen molar-refractivity contribution in [3.8, 4) is 0 Å². The van der Waals surface area contributed by atoms with E-state index in [1.165, 1.54) is 48.8 Å². The van der Waals surface area contributed by atoms with Gasteiger partial charge in [-0.25, -0.2) is 0 Å². The average Bonchev–Trinajstić information content (AvgIpc) is 2.95. The van der Waals surface area contributed by atoms with Gasteiger partial charge in [-0.3, -0.25) is 15.0 Å². The van der Waals surface area contributed by atoms with Crippen LogP contribution in [0.15, 0.2) is 91.0 Å². The lowest BCUT2D eigenvalue weighted by atomic mass is 9.77. The Morgan fingerprint density at radius 1 is 0.769 bits per heavy atom. The van der Waals surface area contributed by atoms with E-state index in [1.54, 1.807) is 0 Å². The highest BCUT2D eigenvalue weighted by Gasteiger charge is 2.35. The minimum Gasteiger partial charge on any atom is -0.459 e. The van der Waals surface area contributed by atoms with Crippen LogP contribution in [0.2, 0.25) is 0 Å². The Morgan fingerprint density at radius 3 is 1.72 bits per heavy atom. The van der Waals surface area contributed by atoms with Crippen molar-refractivity contribution in [1.82, 2.24) is 10.2 Å². The van der Waals surface area contributed by atoms with Crippen LogP contribution in [-0.4, -0.2) is 42.1 Å². The van der Waals surface area contributed by atoms with E-state index in [2.05, 4.69) is 101 Å². The van der Waals surface area contributed by atoms with Crippen molar-refractivity contribution in [1.29, 1.82) is 0 Å². The molecule has 0 amide bonds. The first kappa shape index (κ1) is 29.0. The van der Waals surface area contributed by atoms with Crippen molar-refractivity contribution in [2.24, 2.45) is 0 Å². The predicted octanol–water partition coefficient (Wildman–Crippen LogP) is 7.32. The topological polar surface area (TPSA) is 41.6 Å². The van der Waals surface area contributed by atoms with Gasteiger partial charge in [0, 0.05) is 6.04 Å². The summed E-state index contributed by atoms with van der Waals surface area (Å²) in [6, 6.07) is 32.8. The summed E-state index contributed by atoms with van der Waals surface area (Å²) in [5, 5.41) is 4.00. The molecule has 208 valence electrons. The third-order valence-corrected chi connectivity index (χ3v) is 7.73. The van der Waals surface area contributed by atoms with E-state index in [0.29, 0.717) is 12.6 Å². The highest BCUT2D eigenvalue weighted by Crippen LogP contribution is 2.36. The van der Waals surface area contributed by atoms with Crippen molar-refractivity contribution in [2.75, 3.05) is 19.6 Å². The molecule has 4 heteroatoms. The van der Waals surface area contributed by atoms with Gasteiger partial charge in [-0.2, -0.15) is 0 Å². The summed E-state index contributed by atoms with van der Waals surface area (Å²) in [6.45, 7) is 8.00. The van der Waals surface area contributed by atoms with Gasteiger partial charge in [0.2, 0.25) is 0 Å². The molecule has 0 aromatic heterocycles. The molecule has 1 N–H and O–H groups in total. The van der Waals surface area contributed by atoms with E-state index in [1.807, 2.05) is 20.8 Å². The summed E-state index contributed by atoms with van der Waals surface area (Å²) in [5.41, 5.74) is 2.81. The van der Waals surface area contributed by atoms with Crippen LogP contribution in [0, 0.1) is 0 Å². The third kappa shape index (κ3) is 8.03. The van der Waals surface area contributed by atoms with Gasteiger partial charge in [-0.05, 0) is 76.2 Å². The Morgan fingerprint density at radius 2 is 1.26 bits per heavy atom. The second-order valence-electron chi connectivity index (χ2n) is 11.8. The molecule has 3 aromatic rings. The lowest BCUT2D eigenvalue weighted by molar-refractivity contribution is -0.157. The minimum absolute atomic E-state index is 0.109. The number of nitrogens with one attached hydrogen (secondary N) is 1. The fourth-order valence-electron chi connectivity index (χ4n) is 5.96. The zero-order chi connectivity index (χ0) is 27.6. The summed E-state index contributed by atoms with van der Waals surface area (Å²) in [6.07, 6.45) is 8.23. The van der Waals surface area contributed by atoms with Gasteiger partial charge < -0.3 is 4.74 Å². The van der Waals surface area contributed by atoms with E-state index in [0.717, 1.165) is 25.9 Å². The molecule has 3 aromatic carbocycles. The number of carbonyl (C=O) groups is 1. The highest BCUT2D eigenvalue weighted by molar-refractivity contribution is 5.72. The van der Waals surface area contributed by atoms with Crippen LogP contribution < -0.4 is 5.32 Å². The van der Waals surface area contributed by atoms with Crippen molar-refractivity contribution in [2.45, 2.75) is 82.9 Å². The zero-order valence-electron chi connectivity index (χ0n) is 24.1. The fraction of sp³-hybridized carbons (Fsp3) is 0.457. The SMILES string of the molecule is CC(C)(C)OC(=O)CN(CCCCNC(c1ccccc1)(c1ccccc1)c1ccccc1)C1CCCCC1. The van der Waals surface area contributed by atoms with Gasteiger partial charge in [0.1, 0.15) is 5.60 Å². The quantitative estimate of drug-likeness (QED) is 0.152. The number of hydrogen-bond donors (Lipinski definition) is 1. The Hall–Kier alpha value is -2.95. The number of ether oxygens (including phenoxy) is 1. The van der Waals surface area contributed by atoms with Gasteiger partial charge in [-0.1, -0.05) is 110 Å². The lowest BCUT2D eigenvalue weighted by Crippen LogP contribution is -2.45. The summed E-state index contributed by atoms with van der Waals surface area (Å²) in [5.74, 6) is -0.109. The zero-order valence-corrected chi connectivity index (χ0v) is 24.1. The van der Waals surface area contributed by atoms with E-state index in [-0.39, 0.29) is 5.97 Å². The Kier molecular flexibility index (Phi) is 10.4. The average molecular weight is 527 g/mol. The second kappa shape index (κ2) is 13.9. The van der Waals surface area contributed by atoms with E-state index in [4.69, 9.17) is 4.74 Å². The third-order valence-electron chi connectivity index (χ3n) is 7.73. The van der Waals surface area contributed by atoms with Gasteiger partial charge in [0.05, 0.1) is 12.1 Å². The van der Waals surface area contributed by atoms with Crippen LogP contribution in [0.4, 0.5) is 0 Å². The van der Waals surface area contributed by atoms with E-state index in [9.17, 15) is 4.79 Å². The normalized spacial score (nSPS) is 14.9. The number of hydrogen-bond acceptors (Lipinski definition) is 4. The van der Waals surface area contributed by atoms with Crippen LogP contribution >= 0.6 is 0 Å². The number of benzene rings is 3. The smallest absolute Gasteiger partial charge is 0.320 e. The lowest BCUT2D eigenvalue weighted by Gasteiger charge is -2.37. The Labute approximate surface area is 235 Å². The van der Waals surface area contributed by atoms with E-state index >= 15 is 0 Å². The molecular formula is C35H46N2O2. The van der Waals surface area contributed by atoms with Gasteiger partial charge in [0.25, 0.3) is 0 Å². The monoisotopic (exact) mass is 526 g/mol. The van der Waals surface area contributed by atoms with Gasteiger partial charge in [0.15, 0.2) is 0 Å². The van der Waals surface area contributed by atoms with Crippen LogP contribution in [0.5, 0.6) is 0 Å². The molecule has 1 fully saturated rings. The second-order valence-corrected chi connectivity index (χ2v) is 11.8. The molecule has 4 nitrogen and oxygen atoms in total. The van der Waals surface area contributed by atoms with Crippen molar-refractivity contribution in [3.63, 3.8) is 0 Å². The molecule has 0 radical (unpaired) electrons. The van der Waals surface area contributed by atoms with Crippen molar-refractivity contribution < 1.29 is 9.53 Å². The van der Waals surface area contributed by atoms with Gasteiger partial charge >= 0.3 is 5.97 Å². The summed E-state index contributed by atoms with van der Waals surface area (Å²) >= 11 is 0. The molecule has 1 saturated carbocycles. The first-order chi connectivity index (χ1) is 18.9. The molecule has 1 aliphatic carbocycles. The fourth-order valence-corrected chi connectivity index (χ4v) is 5.96. The first-order valence-electron chi connectivity index (χ1n) is 14.8. The van der Waals surface area contributed by atoms with Crippen molar-refractivity contribution in [3.05, 3.63) is 108 Å². The maximum atomic E-state index is 12.7. The Bertz CT molecular complexity index is 1020. The maximum Gasteiger partial charge on any atom is 0.320 e. The standard InChI is InChI=1S/C35H46N2O2/c1-34(2,3)39-33(38)28-37(32-24-14-7-15-25-32)27-17-16-26-36-35(29-18-8-4-9-19-29,30-20-10-5-11-21-30)31-22-12-6-13-23-31/h4-6,8-13,18-23,32,36H,7,14-17,24-28H2,1-3H3. The molecule has 0 saturated heterocycles. The molecule has 0 aliphatic heterocycles. The molecule has 0 heterocycles. The number of carbonyl (C=O) groups excluding carboxylic acids is 1. The van der Waals surface area contributed by atoms with E-state index < -0.39 is 11.1 Å². The number of unbranched alkanes of at least 4 members (excludes halogenated alkanes) is 1. The molecule has 39 heavy (non-hydrogen) atoms. The molecule has 0 spiro atoms. The molecule has 1 aliphatic rings. The molecule has 4 rings (SSSR count). The summed E-state index contributed by atoms with van der Waals surface area (Å²) in [7, 11) is 0. The first-order valence-corrected chi connectivity index (χ1v) is 14.8. The number of nitrogens with zero attached hydrogens (tertiary/aromatic N) is 1.